The Bertz CT molecular complexity index is 915. The van der Waals surface area contributed by atoms with Gasteiger partial charge in [-0.05, 0) is 82.2 Å². The molecule has 0 spiro atoms. The number of sulfonamides is 1. The molecule has 0 saturated carbocycles. The lowest BCUT2D eigenvalue weighted by molar-refractivity contribution is 0.204. The number of hydrogen-bond acceptors (Lipinski definition) is 3. The van der Waals surface area contributed by atoms with Crippen LogP contribution in [0.25, 0.3) is 0 Å². The summed E-state index contributed by atoms with van der Waals surface area (Å²) in [5, 5.41) is 6.67. The molecule has 1 heterocycles. The van der Waals surface area contributed by atoms with Crippen molar-refractivity contribution < 1.29 is 8.42 Å². The Morgan fingerprint density at radius 3 is 1.89 bits per heavy atom. The van der Waals surface area contributed by atoms with Crippen LogP contribution in [0.3, 0.4) is 0 Å². The highest BCUT2D eigenvalue weighted by Crippen LogP contribution is 2.30. The van der Waals surface area contributed by atoms with Crippen LogP contribution in [0.1, 0.15) is 38.7 Å². The van der Waals surface area contributed by atoms with Gasteiger partial charge in [-0.1, -0.05) is 24.1 Å². The molecule has 0 aliphatic carbocycles. The molecule has 1 saturated heterocycles. The van der Waals surface area contributed by atoms with Gasteiger partial charge < -0.3 is 10.6 Å². The number of nitrogens with zero attached hydrogens (tertiary/aromatic N) is 1. The number of thiocarbonyl (C=S) groups is 1. The lowest BCUT2D eigenvalue weighted by Gasteiger charge is -2.37. The molecule has 150 valence electrons. The first-order valence-corrected chi connectivity index (χ1v) is 11.4. The average Bonchev–Trinajstić information content (AvgIpc) is 2.64. The van der Waals surface area contributed by atoms with Crippen molar-refractivity contribution in [3.05, 3.63) is 54.1 Å². The molecule has 1 aliphatic rings. The minimum atomic E-state index is -3.50. The van der Waals surface area contributed by atoms with Crippen LogP contribution in [0, 0.1) is 6.92 Å². The van der Waals surface area contributed by atoms with Crippen molar-refractivity contribution in [2.45, 2.75) is 57.0 Å². The van der Waals surface area contributed by atoms with Crippen molar-refractivity contribution in [2.75, 3.05) is 10.6 Å². The SMILES string of the molecule is Cc1ccc(NC(=S)Nc2ccc(S(=O)(=O)N3[C@H](C)CCC[C@@H]3C)cc2)cc1. The standard InChI is InChI=1S/C21H27N3O2S2/c1-15-7-9-18(10-8-15)22-21(27)23-19-11-13-20(14-12-19)28(25,26)24-16(2)5-4-6-17(24)3/h7-14,16-17H,4-6H2,1-3H3,(H2,22,23,27)/t16-,17+. The molecule has 2 atom stereocenters. The number of rotatable bonds is 4. The van der Waals surface area contributed by atoms with Gasteiger partial charge in [0.15, 0.2) is 5.11 Å². The summed E-state index contributed by atoms with van der Waals surface area (Å²) in [5.74, 6) is 0. The first kappa shape index (κ1) is 20.8. The maximum Gasteiger partial charge on any atom is 0.243 e. The summed E-state index contributed by atoms with van der Waals surface area (Å²) in [6, 6.07) is 14.8. The van der Waals surface area contributed by atoms with E-state index in [1.165, 1.54) is 5.56 Å². The molecule has 0 bridgehead atoms. The highest BCUT2D eigenvalue weighted by molar-refractivity contribution is 7.89. The first-order chi connectivity index (χ1) is 13.3. The van der Waals surface area contributed by atoms with Gasteiger partial charge in [0.05, 0.1) is 4.90 Å². The molecule has 2 N–H and O–H groups in total. The van der Waals surface area contributed by atoms with E-state index in [1.807, 2.05) is 45.0 Å². The highest BCUT2D eigenvalue weighted by atomic mass is 32.2. The Morgan fingerprint density at radius 2 is 1.39 bits per heavy atom. The van der Waals surface area contributed by atoms with E-state index in [0.717, 1.165) is 30.6 Å². The molecule has 3 rings (SSSR count). The highest BCUT2D eigenvalue weighted by Gasteiger charge is 2.35. The van der Waals surface area contributed by atoms with E-state index in [1.54, 1.807) is 28.6 Å². The normalized spacial score (nSPS) is 20.5. The quantitative estimate of drug-likeness (QED) is 0.703. The molecule has 0 aromatic heterocycles. The lowest BCUT2D eigenvalue weighted by atomic mass is 10.0. The zero-order chi connectivity index (χ0) is 20.3. The van der Waals surface area contributed by atoms with Crippen LogP contribution in [0.4, 0.5) is 11.4 Å². The minimum Gasteiger partial charge on any atom is -0.332 e. The smallest absolute Gasteiger partial charge is 0.243 e. The number of nitrogens with one attached hydrogen (secondary N) is 2. The molecule has 0 amide bonds. The van der Waals surface area contributed by atoms with Crippen LogP contribution in [0.15, 0.2) is 53.4 Å². The third-order valence-electron chi connectivity index (χ3n) is 5.11. The molecule has 1 fully saturated rings. The summed E-state index contributed by atoms with van der Waals surface area (Å²) in [5.41, 5.74) is 2.82. The van der Waals surface area contributed by atoms with Gasteiger partial charge in [-0.2, -0.15) is 4.31 Å². The molecule has 0 radical (unpaired) electrons. The van der Waals surface area contributed by atoms with Crippen LogP contribution >= 0.6 is 12.2 Å². The molecule has 7 heteroatoms. The first-order valence-electron chi connectivity index (χ1n) is 9.55. The van der Waals surface area contributed by atoms with Crippen LogP contribution < -0.4 is 10.6 Å². The predicted octanol–water partition coefficient (Wildman–Crippen LogP) is 4.76. The number of aryl methyl sites for hydroxylation is 1. The van der Waals surface area contributed by atoms with E-state index in [4.69, 9.17) is 12.2 Å². The van der Waals surface area contributed by atoms with Gasteiger partial charge in [0, 0.05) is 23.5 Å². The summed E-state index contributed by atoms with van der Waals surface area (Å²) < 4.78 is 27.8. The van der Waals surface area contributed by atoms with E-state index in [0.29, 0.717) is 10.0 Å². The van der Waals surface area contributed by atoms with Crippen molar-refractivity contribution in [3.8, 4) is 0 Å². The van der Waals surface area contributed by atoms with Gasteiger partial charge >= 0.3 is 0 Å². The topological polar surface area (TPSA) is 61.4 Å². The number of hydrogen-bond donors (Lipinski definition) is 2. The average molecular weight is 418 g/mol. The van der Waals surface area contributed by atoms with Crippen molar-refractivity contribution in [1.29, 1.82) is 0 Å². The maximum absolute atomic E-state index is 13.1. The fourth-order valence-electron chi connectivity index (χ4n) is 3.63. The zero-order valence-corrected chi connectivity index (χ0v) is 18.1. The molecule has 28 heavy (non-hydrogen) atoms. The second-order valence-electron chi connectivity index (χ2n) is 7.43. The second kappa shape index (κ2) is 8.59. The molecule has 1 aliphatic heterocycles. The Hall–Kier alpha value is -1.96. The van der Waals surface area contributed by atoms with Gasteiger partial charge in [0.1, 0.15) is 0 Å². The molecule has 2 aromatic rings. The summed E-state index contributed by atoms with van der Waals surface area (Å²) in [7, 11) is -3.50. The minimum absolute atomic E-state index is 0.0258. The monoisotopic (exact) mass is 417 g/mol. The van der Waals surface area contributed by atoms with E-state index in [2.05, 4.69) is 10.6 Å². The largest absolute Gasteiger partial charge is 0.332 e. The Kier molecular flexibility index (Phi) is 6.37. The van der Waals surface area contributed by atoms with Crippen molar-refractivity contribution in [3.63, 3.8) is 0 Å². The van der Waals surface area contributed by atoms with Gasteiger partial charge in [-0.25, -0.2) is 8.42 Å². The molecular weight excluding hydrogens is 390 g/mol. The van der Waals surface area contributed by atoms with Crippen LogP contribution in [-0.4, -0.2) is 29.9 Å². The number of piperidine rings is 1. The third kappa shape index (κ3) is 4.71. The Morgan fingerprint density at radius 1 is 0.929 bits per heavy atom. The zero-order valence-electron chi connectivity index (χ0n) is 16.5. The van der Waals surface area contributed by atoms with Gasteiger partial charge in [0.25, 0.3) is 0 Å². The molecule has 2 aromatic carbocycles. The maximum atomic E-state index is 13.1. The summed E-state index contributed by atoms with van der Waals surface area (Å²) in [4.78, 5) is 0.316. The summed E-state index contributed by atoms with van der Waals surface area (Å²) in [6.45, 7) is 6.00. The van der Waals surface area contributed by atoms with Crippen LogP contribution in [0.2, 0.25) is 0 Å². The van der Waals surface area contributed by atoms with Crippen LogP contribution in [-0.2, 0) is 10.0 Å². The van der Waals surface area contributed by atoms with Crippen LogP contribution in [0.5, 0.6) is 0 Å². The second-order valence-corrected chi connectivity index (χ2v) is 9.68. The van der Waals surface area contributed by atoms with E-state index in [9.17, 15) is 8.42 Å². The van der Waals surface area contributed by atoms with Gasteiger partial charge in [-0.15, -0.1) is 0 Å². The Labute approximate surface area is 173 Å². The third-order valence-corrected chi connectivity index (χ3v) is 7.46. The molecule has 5 nitrogen and oxygen atoms in total. The summed E-state index contributed by atoms with van der Waals surface area (Å²) >= 11 is 5.34. The molecule has 0 unspecified atom stereocenters. The number of anilines is 2. The van der Waals surface area contributed by atoms with E-state index in [-0.39, 0.29) is 12.1 Å². The number of benzene rings is 2. The van der Waals surface area contributed by atoms with Gasteiger partial charge in [-0.3, -0.25) is 0 Å². The lowest BCUT2D eigenvalue weighted by Crippen LogP contribution is -2.47. The Balaban J connectivity index is 1.68. The fourth-order valence-corrected chi connectivity index (χ4v) is 5.75. The van der Waals surface area contributed by atoms with E-state index >= 15 is 0 Å². The predicted molar refractivity (Wildman–Crippen MR) is 119 cm³/mol. The summed E-state index contributed by atoms with van der Waals surface area (Å²) in [6.07, 6.45) is 2.88. The van der Waals surface area contributed by atoms with Crippen molar-refractivity contribution >= 4 is 38.7 Å². The van der Waals surface area contributed by atoms with E-state index < -0.39 is 10.0 Å². The van der Waals surface area contributed by atoms with Crippen molar-refractivity contribution in [2.24, 2.45) is 0 Å². The fraction of sp³-hybridized carbons (Fsp3) is 0.381. The molecular formula is C21H27N3O2S2. The van der Waals surface area contributed by atoms with Crippen molar-refractivity contribution in [1.82, 2.24) is 4.31 Å². The van der Waals surface area contributed by atoms with Gasteiger partial charge in [0.2, 0.25) is 10.0 Å².